The maximum Gasteiger partial charge on any atom is 0.417 e. The predicted molar refractivity (Wildman–Crippen MR) is 160 cm³/mol. The molecule has 51 heavy (non-hydrogen) atoms. The van der Waals surface area contributed by atoms with Gasteiger partial charge >= 0.3 is 12.4 Å². The van der Waals surface area contributed by atoms with Crippen LogP contribution in [-0.2, 0) is 12.4 Å². The SMILES string of the molecule is N#CC(C#N)=C1C(c2ccc(C(F)(F)F)c(C#N)c2)=C(C#N)c2c1cc1c(c2F)C(=C(C#N)C#N)C(c2ccc(C#N)c(C(F)(F)F)c2)=C1C#N. The van der Waals surface area contributed by atoms with Gasteiger partial charge in [-0.25, -0.2) is 4.39 Å². The van der Waals surface area contributed by atoms with Crippen LogP contribution in [0.1, 0.15) is 55.6 Å². The second-order valence-electron chi connectivity index (χ2n) is 10.4. The van der Waals surface area contributed by atoms with Gasteiger partial charge in [0.25, 0.3) is 0 Å². The Morgan fingerprint density at radius 3 is 1.51 bits per heavy atom. The molecule has 0 saturated heterocycles. The summed E-state index contributed by atoms with van der Waals surface area (Å²) >= 11 is 0. The molecule has 0 spiro atoms. The quantitative estimate of drug-likeness (QED) is 0.191. The molecule has 0 fully saturated rings. The Balaban J connectivity index is 1.96. The molecule has 0 N–H and O–H groups in total. The molecule has 0 bridgehead atoms. The molecule has 0 radical (unpaired) electrons. The number of nitrogens with zero attached hydrogens (tertiary/aromatic N) is 8. The van der Waals surface area contributed by atoms with Crippen LogP contribution in [0.25, 0.3) is 33.4 Å². The van der Waals surface area contributed by atoms with Gasteiger partial charge in [0.05, 0.1) is 45.5 Å². The molecule has 3 aromatic rings. The number of hydrogen-bond acceptors (Lipinski definition) is 8. The highest BCUT2D eigenvalue weighted by Crippen LogP contribution is 2.56. The normalized spacial score (nSPS) is 13.0. The summed E-state index contributed by atoms with van der Waals surface area (Å²) in [5.41, 5.74) is -12.5. The average molecular weight is 684 g/mol. The van der Waals surface area contributed by atoms with Gasteiger partial charge in [0.15, 0.2) is 0 Å². The molecule has 0 amide bonds. The van der Waals surface area contributed by atoms with Gasteiger partial charge in [-0.2, -0.15) is 68.4 Å². The standard InChI is InChI=1S/C36H7F7N8/c37-34-32-23(30(20(10-46)11-47)29(25(32)15-51)16-3-4-26(35(38,39)40)19(5-16)9-45)7-22-24(14-50)28(31(33(22)34)21(12-48)13-49)17-1-2-18(8-44)27(6-17)36(41,42)43/h1-7H. The van der Waals surface area contributed by atoms with Crippen molar-refractivity contribution >= 4 is 33.4 Å². The van der Waals surface area contributed by atoms with Gasteiger partial charge in [0.1, 0.15) is 53.4 Å². The summed E-state index contributed by atoms with van der Waals surface area (Å²) in [6.07, 6.45) is -10.1. The van der Waals surface area contributed by atoms with E-state index in [1.54, 1.807) is 24.3 Å². The minimum Gasteiger partial charge on any atom is -0.206 e. The second-order valence-corrected chi connectivity index (χ2v) is 10.4. The Morgan fingerprint density at radius 2 is 1.00 bits per heavy atom. The van der Waals surface area contributed by atoms with Crippen LogP contribution in [0.2, 0.25) is 0 Å². The second kappa shape index (κ2) is 12.3. The topological polar surface area (TPSA) is 190 Å². The summed E-state index contributed by atoms with van der Waals surface area (Å²) in [7, 11) is 0. The Hall–Kier alpha value is -7.95. The van der Waals surface area contributed by atoms with E-state index in [0.717, 1.165) is 30.3 Å². The monoisotopic (exact) mass is 684 g/mol. The third-order valence-electron chi connectivity index (χ3n) is 7.94. The lowest BCUT2D eigenvalue weighted by atomic mass is 9.88. The first-order valence-corrected chi connectivity index (χ1v) is 13.7. The molecule has 0 saturated carbocycles. The van der Waals surface area contributed by atoms with Gasteiger partial charge in [0, 0.05) is 39.0 Å². The first-order valence-electron chi connectivity index (χ1n) is 13.7. The van der Waals surface area contributed by atoms with Gasteiger partial charge in [-0.05, 0) is 47.0 Å². The van der Waals surface area contributed by atoms with Crippen LogP contribution < -0.4 is 0 Å². The minimum absolute atomic E-state index is 0.315. The molecular formula is C36H7F7N8. The maximum atomic E-state index is 17.1. The number of allylic oxidation sites excluding steroid dienone is 8. The van der Waals surface area contributed by atoms with Crippen molar-refractivity contribution in [3.63, 3.8) is 0 Å². The fourth-order valence-corrected chi connectivity index (χ4v) is 5.96. The molecular weight excluding hydrogens is 677 g/mol. The van der Waals surface area contributed by atoms with Crippen LogP contribution in [0.15, 0.2) is 53.6 Å². The lowest BCUT2D eigenvalue weighted by Gasteiger charge is -2.14. The highest BCUT2D eigenvalue weighted by atomic mass is 19.4. The number of halogens is 7. The molecule has 2 aliphatic rings. The highest BCUT2D eigenvalue weighted by Gasteiger charge is 2.42. The molecule has 0 atom stereocenters. The summed E-state index contributed by atoms with van der Waals surface area (Å²) < 4.78 is 99.7. The number of benzene rings is 3. The lowest BCUT2D eigenvalue weighted by molar-refractivity contribution is -0.138. The van der Waals surface area contributed by atoms with Gasteiger partial charge in [0.2, 0.25) is 0 Å². The zero-order valence-electron chi connectivity index (χ0n) is 24.8. The third kappa shape index (κ3) is 5.19. The summed E-state index contributed by atoms with van der Waals surface area (Å²) in [5.74, 6) is -1.43. The van der Waals surface area contributed by atoms with Gasteiger partial charge in [-0.3, -0.25) is 0 Å². The van der Waals surface area contributed by atoms with Crippen LogP contribution in [0.3, 0.4) is 0 Å². The van der Waals surface area contributed by atoms with E-state index in [1.165, 1.54) is 24.3 Å². The van der Waals surface area contributed by atoms with Crippen LogP contribution in [0.4, 0.5) is 30.7 Å². The Labute approximate surface area is 282 Å². The number of hydrogen-bond donors (Lipinski definition) is 0. The largest absolute Gasteiger partial charge is 0.417 e. The average Bonchev–Trinajstić information content (AvgIpc) is 3.61. The molecule has 0 aliphatic heterocycles. The summed E-state index contributed by atoms with van der Waals surface area (Å²) in [6, 6.07) is 17.6. The van der Waals surface area contributed by atoms with E-state index in [2.05, 4.69) is 0 Å². The van der Waals surface area contributed by atoms with E-state index < -0.39 is 113 Å². The zero-order valence-corrected chi connectivity index (χ0v) is 24.8. The molecule has 15 heteroatoms. The van der Waals surface area contributed by atoms with Crippen LogP contribution in [0.5, 0.6) is 0 Å². The number of alkyl halides is 6. The summed E-state index contributed by atoms with van der Waals surface area (Å²) in [5, 5.41) is 78.8. The van der Waals surface area contributed by atoms with Crippen molar-refractivity contribution in [2.45, 2.75) is 12.4 Å². The van der Waals surface area contributed by atoms with Crippen molar-refractivity contribution in [2.75, 3.05) is 0 Å². The van der Waals surface area contributed by atoms with Crippen molar-refractivity contribution in [3.8, 4) is 48.6 Å². The van der Waals surface area contributed by atoms with E-state index in [0.29, 0.717) is 12.1 Å². The van der Waals surface area contributed by atoms with E-state index in [9.17, 15) is 68.4 Å². The van der Waals surface area contributed by atoms with Crippen molar-refractivity contribution < 1.29 is 30.7 Å². The predicted octanol–water partition coefficient (Wildman–Crippen LogP) is 8.10. The van der Waals surface area contributed by atoms with Gasteiger partial charge in [-0.15, -0.1) is 0 Å². The Morgan fingerprint density at radius 1 is 0.490 bits per heavy atom. The minimum atomic E-state index is -5.10. The zero-order chi connectivity index (χ0) is 37.6. The Kier molecular flexibility index (Phi) is 8.26. The smallest absolute Gasteiger partial charge is 0.206 e. The molecule has 0 unspecified atom stereocenters. The van der Waals surface area contributed by atoms with Crippen LogP contribution in [0, 0.1) is 96.5 Å². The Bertz CT molecular complexity index is 2620. The van der Waals surface area contributed by atoms with Crippen molar-refractivity contribution in [2.24, 2.45) is 0 Å². The van der Waals surface area contributed by atoms with E-state index >= 15 is 4.39 Å². The van der Waals surface area contributed by atoms with Crippen molar-refractivity contribution in [1.29, 1.82) is 42.1 Å². The van der Waals surface area contributed by atoms with Crippen molar-refractivity contribution in [3.05, 3.63) is 115 Å². The fraction of sp³-hybridized carbons (Fsp3) is 0.0556. The summed E-state index contributed by atoms with van der Waals surface area (Å²) in [6.45, 7) is 0. The van der Waals surface area contributed by atoms with Gasteiger partial charge in [-0.1, -0.05) is 12.1 Å². The fourth-order valence-electron chi connectivity index (χ4n) is 5.96. The maximum absolute atomic E-state index is 17.1. The van der Waals surface area contributed by atoms with Crippen LogP contribution >= 0.6 is 0 Å². The van der Waals surface area contributed by atoms with Gasteiger partial charge < -0.3 is 0 Å². The number of fused-ring (bicyclic) bond motifs is 2. The molecule has 240 valence electrons. The third-order valence-corrected chi connectivity index (χ3v) is 7.94. The first-order chi connectivity index (χ1) is 24.2. The first kappa shape index (κ1) is 34.4. The molecule has 2 aliphatic carbocycles. The highest BCUT2D eigenvalue weighted by molar-refractivity contribution is 6.30. The summed E-state index contributed by atoms with van der Waals surface area (Å²) in [4.78, 5) is 0. The molecule has 0 heterocycles. The molecule has 5 rings (SSSR count). The van der Waals surface area contributed by atoms with E-state index in [1.807, 2.05) is 0 Å². The van der Waals surface area contributed by atoms with Crippen molar-refractivity contribution in [1.82, 2.24) is 0 Å². The molecule has 3 aromatic carbocycles. The number of rotatable bonds is 2. The van der Waals surface area contributed by atoms with E-state index in [4.69, 9.17) is 0 Å². The van der Waals surface area contributed by atoms with E-state index in [-0.39, 0.29) is 5.56 Å². The van der Waals surface area contributed by atoms with Crippen LogP contribution in [-0.4, -0.2) is 0 Å². The lowest BCUT2D eigenvalue weighted by Crippen LogP contribution is -2.08. The molecule has 0 aromatic heterocycles. The number of nitriles is 8. The molecule has 8 nitrogen and oxygen atoms in total.